The van der Waals surface area contributed by atoms with Gasteiger partial charge in [-0.05, 0) is 62.7 Å². The summed E-state index contributed by atoms with van der Waals surface area (Å²) in [5.74, 6) is 1.71. The number of aliphatic carboxylic acids is 1. The summed E-state index contributed by atoms with van der Waals surface area (Å²) in [5, 5.41) is 8.84. The molecular weight excluding hydrogens is 378 g/mol. The van der Waals surface area contributed by atoms with E-state index in [1.54, 1.807) is 0 Å². The number of piperidine rings is 1. The summed E-state index contributed by atoms with van der Waals surface area (Å²) in [7, 11) is 0. The number of carbonyl (C=O) groups is 1. The van der Waals surface area contributed by atoms with Crippen LogP contribution in [0.25, 0.3) is 11.0 Å². The van der Waals surface area contributed by atoms with E-state index in [0.29, 0.717) is 12.5 Å². The number of benzene rings is 2. The highest BCUT2D eigenvalue weighted by atomic mass is 16.5. The van der Waals surface area contributed by atoms with Gasteiger partial charge in [-0.25, -0.2) is 4.98 Å². The van der Waals surface area contributed by atoms with Crippen molar-refractivity contribution in [3.8, 4) is 5.75 Å². The van der Waals surface area contributed by atoms with E-state index in [1.165, 1.54) is 11.3 Å². The molecule has 1 N–H and O–H groups in total. The first-order chi connectivity index (χ1) is 14.6. The number of likely N-dealkylation sites (tertiary alicyclic amines) is 1. The largest absolute Gasteiger partial charge is 0.492 e. The van der Waals surface area contributed by atoms with Crippen LogP contribution in [-0.2, 0) is 17.8 Å². The molecule has 3 aromatic rings. The number of rotatable bonds is 8. The second-order valence-corrected chi connectivity index (χ2v) is 7.88. The van der Waals surface area contributed by atoms with Crippen LogP contribution >= 0.6 is 0 Å². The third-order valence-electron chi connectivity index (χ3n) is 5.91. The molecule has 158 valence electrons. The summed E-state index contributed by atoms with van der Waals surface area (Å²) < 4.78 is 8.22. The minimum atomic E-state index is -0.818. The van der Waals surface area contributed by atoms with E-state index in [1.807, 2.05) is 24.3 Å². The zero-order chi connectivity index (χ0) is 20.9. The molecule has 0 bridgehead atoms. The van der Waals surface area contributed by atoms with Crippen LogP contribution in [0.3, 0.4) is 0 Å². The molecule has 6 nitrogen and oxygen atoms in total. The van der Waals surface area contributed by atoms with Crippen molar-refractivity contribution in [2.45, 2.75) is 38.6 Å². The van der Waals surface area contributed by atoms with Gasteiger partial charge in [0.25, 0.3) is 0 Å². The number of aryl methyl sites for hydroxylation is 1. The summed E-state index contributed by atoms with van der Waals surface area (Å²) in [5.41, 5.74) is 3.12. The van der Waals surface area contributed by atoms with Gasteiger partial charge in [0.05, 0.1) is 17.5 Å². The van der Waals surface area contributed by atoms with Crippen LogP contribution in [-0.4, -0.2) is 51.8 Å². The molecule has 1 saturated heterocycles. The first kappa shape index (κ1) is 20.4. The van der Waals surface area contributed by atoms with Gasteiger partial charge in [-0.1, -0.05) is 24.3 Å². The van der Waals surface area contributed by atoms with Crippen LogP contribution in [0.15, 0.2) is 48.5 Å². The fraction of sp³-hybridized carbons (Fsp3) is 0.417. The van der Waals surface area contributed by atoms with E-state index in [4.69, 9.17) is 14.8 Å². The molecule has 1 aliphatic heterocycles. The lowest BCUT2D eigenvalue weighted by Gasteiger charge is -2.31. The minimum Gasteiger partial charge on any atom is -0.492 e. The van der Waals surface area contributed by atoms with Gasteiger partial charge in [0.15, 0.2) is 0 Å². The summed E-state index contributed by atoms with van der Waals surface area (Å²) in [4.78, 5) is 18.1. The minimum absolute atomic E-state index is 0.0427. The molecule has 0 radical (unpaired) electrons. The Hall–Kier alpha value is -2.86. The molecule has 0 atom stereocenters. The Bertz CT molecular complexity index is 989. The maximum atomic E-state index is 10.8. The number of hydrogen-bond donors (Lipinski definition) is 1. The highest BCUT2D eigenvalue weighted by Crippen LogP contribution is 2.30. The Morgan fingerprint density at radius 1 is 1.13 bits per heavy atom. The van der Waals surface area contributed by atoms with Crippen molar-refractivity contribution in [2.24, 2.45) is 0 Å². The van der Waals surface area contributed by atoms with Crippen LogP contribution < -0.4 is 4.74 Å². The van der Waals surface area contributed by atoms with Crippen molar-refractivity contribution >= 4 is 17.0 Å². The predicted molar refractivity (Wildman–Crippen MR) is 117 cm³/mol. The van der Waals surface area contributed by atoms with Crippen molar-refractivity contribution in [3.63, 3.8) is 0 Å². The van der Waals surface area contributed by atoms with Crippen molar-refractivity contribution in [2.75, 3.05) is 26.2 Å². The maximum Gasteiger partial charge on any atom is 0.307 e. The first-order valence-corrected chi connectivity index (χ1v) is 10.7. The summed E-state index contributed by atoms with van der Waals surface area (Å²) in [6.45, 7) is 6.79. The van der Waals surface area contributed by atoms with Crippen LogP contribution in [0.5, 0.6) is 5.75 Å². The van der Waals surface area contributed by atoms with Crippen LogP contribution in [0.2, 0.25) is 0 Å². The highest BCUT2D eigenvalue weighted by molar-refractivity contribution is 5.76. The molecule has 4 rings (SSSR count). The Morgan fingerprint density at radius 2 is 1.87 bits per heavy atom. The number of carboxylic acids is 1. The van der Waals surface area contributed by atoms with Crippen LogP contribution in [0, 0.1) is 0 Å². The van der Waals surface area contributed by atoms with E-state index >= 15 is 0 Å². The summed E-state index contributed by atoms with van der Waals surface area (Å²) in [6.07, 6.45) is 2.28. The van der Waals surface area contributed by atoms with Gasteiger partial charge >= 0.3 is 5.97 Å². The van der Waals surface area contributed by atoms with Gasteiger partial charge in [-0.3, -0.25) is 9.69 Å². The molecule has 0 spiro atoms. The second-order valence-electron chi connectivity index (χ2n) is 7.88. The van der Waals surface area contributed by atoms with Gasteiger partial charge in [-0.15, -0.1) is 0 Å². The Labute approximate surface area is 177 Å². The number of carboxylic acid groups (broad SMARTS) is 1. The number of fused-ring (bicyclic) bond motifs is 1. The van der Waals surface area contributed by atoms with Gasteiger partial charge in [0.1, 0.15) is 18.2 Å². The Kier molecular flexibility index (Phi) is 6.33. The number of aromatic nitrogens is 2. The van der Waals surface area contributed by atoms with Crippen molar-refractivity contribution < 1.29 is 14.6 Å². The van der Waals surface area contributed by atoms with Crippen LogP contribution in [0.4, 0.5) is 0 Å². The highest BCUT2D eigenvalue weighted by Gasteiger charge is 2.25. The van der Waals surface area contributed by atoms with E-state index < -0.39 is 5.97 Å². The molecule has 0 aliphatic carbocycles. The fourth-order valence-electron chi connectivity index (χ4n) is 4.32. The molecule has 0 saturated carbocycles. The number of nitrogens with zero attached hydrogens (tertiary/aromatic N) is 3. The molecule has 0 amide bonds. The number of ether oxygens (including phenoxy) is 1. The number of para-hydroxylation sites is 2. The summed E-state index contributed by atoms with van der Waals surface area (Å²) in [6, 6.07) is 15.7. The molecule has 6 heteroatoms. The second kappa shape index (κ2) is 9.30. The topological polar surface area (TPSA) is 67.6 Å². The lowest BCUT2D eigenvalue weighted by molar-refractivity contribution is -0.136. The molecule has 0 unspecified atom stereocenters. The van der Waals surface area contributed by atoms with Crippen molar-refractivity contribution in [1.29, 1.82) is 0 Å². The standard InChI is InChI=1S/C24H29N3O3/c1-2-27-22-6-4-3-5-21(22)25-24(27)19-11-13-26(14-12-19)15-16-30-20-9-7-18(8-10-20)17-23(28)29/h3-10,19H,2,11-17H2,1H3,(H,28,29). The molecule has 2 heterocycles. The van der Waals surface area contributed by atoms with Gasteiger partial charge in [0.2, 0.25) is 0 Å². The van der Waals surface area contributed by atoms with Gasteiger partial charge < -0.3 is 14.4 Å². The SMILES string of the molecule is CCn1c(C2CCN(CCOc3ccc(CC(=O)O)cc3)CC2)nc2ccccc21. The molecule has 2 aromatic carbocycles. The normalized spacial score (nSPS) is 15.5. The number of hydrogen-bond acceptors (Lipinski definition) is 4. The Balaban J connectivity index is 1.27. The van der Waals surface area contributed by atoms with E-state index in [2.05, 4.69) is 40.7 Å². The monoisotopic (exact) mass is 407 g/mol. The van der Waals surface area contributed by atoms with E-state index in [-0.39, 0.29) is 6.42 Å². The zero-order valence-electron chi connectivity index (χ0n) is 17.5. The van der Waals surface area contributed by atoms with Gasteiger partial charge in [0, 0.05) is 19.0 Å². The van der Waals surface area contributed by atoms with E-state index in [9.17, 15) is 4.79 Å². The van der Waals surface area contributed by atoms with E-state index in [0.717, 1.165) is 55.9 Å². The first-order valence-electron chi connectivity index (χ1n) is 10.7. The lowest BCUT2D eigenvalue weighted by atomic mass is 9.96. The molecule has 30 heavy (non-hydrogen) atoms. The summed E-state index contributed by atoms with van der Waals surface area (Å²) >= 11 is 0. The average Bonchev–Trinajstić information content (AvgIpc) is 3.14. The quantitative estimate of drug-likeness (QED) is 0.613. The molecular formula is C24H29N3O3. The third-order valence-corrected chi connectivity index (χ3v) is 5.91. The lowest BCUT2D eigenvalue weighted by Crippen LogP contribution is -2.36. The Morgan fingerprint density at radius 3 is 2.57 bits per heavy atom. The maximum absolute atomic E-state index is 10.8. The smallest absolute Gasteiger partial charge is 0.307 e. The predicted octanol–water partition coefficient (Wildman–Crippen LogP) is 3.94. The van der Waals surface area contributed by atoms with Crippen molar-refractivity contribution in [3.05, 3.63) is 59.9 Å². The fourth-order valence-corrected chi connectivity index (χ4v) is 4.32. The van der Waals surface area contributed by atoms with Crippen molar-refractivity contribution in [1.82, 2.24) is 14.5 Å². The zero-order valence-corrected chi connectivity index (χ0v) is 17.5. The molecule has 1 aromatic heterocycles. The average molecular weight is 408 g/mol. The molecule has 1 fully saturated rings. The number of imidazole rings is 1. The van der Waals surface area contributed by atoms with Crippen LogP contribution in [0.1, 0.15) is 37.1 Å². The molecule has 1 aliphatic rings. The van der Waals surface area contributed by atoms with Gasteiger partial charge in [-0.2, -0.15) is 0 Å². The third kappa shape index (κ3) is 4.65.